The summed E-state index contributed by atoms with van der Waals surface area (Å²) < 4.78 is 1.06. The summed E-state index contributed by atoms with van der Waals surface area (Å²) in [5.74, 6) is 1.33. The molecule has 2 aromatic heterocycles. The molecule has 0 aliphatic carbocycles. The summed E-state index contributed by atoms with van der Waals surface area (Å²) in [5.41, 5.74) is 4.00. The zero-order valence-electron chi connectivity index (χ0n) is 13.5. The molecule has 0 bridgehead atoms. The van der Waals surface area contributed by atoms with Crippen LogP contribution in [0.4, 0.5) is 17.5 Å². The third kappa shape index (κ3) is 4.29. The van der Waals surface area contributed by atoms with E-state index in [9.17, 15) is 0 Å². The van der Waals surface area contributed by atoms with Crippen LogP contribution in [-0.2, 0) is 6.54 Å². The zero-order valence-corrected chi connectivity index (χ0v) is 15.1. The second-order valence-corrected chi connectivity index (χ2v) is 6.34. The lowest BCUT2D eigenvalue weighted by molar-refractivity contribution is 0.991. The van der Waals surface area contributed by atoms with Crippen molar-refractivity contribution < 1.29 is 0 Å². The van der Waals surface area contributed by atoms with Gasteiger partial charge < -0.3 is 10.6 Å². The van der Waals surface area contributed by atoms with Crippen molar-refractivity contribution in [2.24, 2.45) is 0 Å². The molecule has 0 spiro atoms. The van der Waals surface area contributed by atoms with E-state index >= 15 is 0 Å². The van der Waals surface area contributed by atoms with Crippen molar-refractivity contribution in [2.75, 3.05) is 10.6 Å². The van der Waals surface area contributed by atoms with E-state index in [0.29, 0.717) is 12.5 Å². The maximum atomic E-state index is 4.52. The van der Waals surface area contributed by atoms with E-state index in [-0.39, 0.29) is 0 Å². The normalized spacial score (nSPS) is 10.5. The minimum absolute atomic E-state index is 0.578. The number of nitrogens with one attached hydrogen (secondary N) is 2. The fraction of sp³-hybridized carbons (Fsp3) is 0.167. The number of rotatable bonds is 5. The van der Waals surface area contributed by atoms with Crippen molar-refractivity contribution in [1.29, 1.82) is 0 Å². The molecule has 1 aromatic carbocycles. The lowest BCUT2D eigenvalue weighted by Gasteiger charge is -2.10. The van der Waals surface area contributed by atoms with Crippen LogP contribution in [0.3, 0.4) is 0 Å². The minimum Gasteiger partial charge on any atom is -0.349 e. The third-order valence-electron chi connectivity index (χ3n) is 3.45. The van der Waals surface area contributed by atoms with Gasteiger partial charge in [-0.3, -0.25) is 4.98 Å². The van der Waals surface area contributed by atoms with Gasteiger partial charge in [-0.05, 0) is 43.7 Å². The molecule has 0 fully saturated rings. The summed E-state index contributed by atoms with van der Waals surface area (Å²) >= 11 is 3.55. The van der Waals surface area contributed by atoms with Crippen LogP contribution in [0.15, 0.2) is 53.1 Å². The molecule has 2 heterocycles. The Balaban J connectivity index is 1.74. The van der Waals surface area contributed by atoms with Crippen LogP contribution in [0.5, 0.6) is 0 Å². The SMILES string of the molecule is Cc1cc(Nc2ccc(C)c(Br)c2)nc(NCc2ccccn2)n1. The highest BCUT2D eigenvalue weighted by atomic mass is 79.9. The molecule has 5 nitrogen and oxygen atoms in total. The van der Waals surface area contributed by atoms with E-state index in [1.165, 1.54) is 5.56 Å². The number of halogens is 1. The van der Waals surface area contributed by atoms with E-state index in [0.717, 1.165) is 27.4 Å². The average Bonchev–Trinajstić information content (AvgIpc) is 2.57. The van der Waals surface area contributed by atoms with E-state index < -0.39 is 0 Å². The number of hydrogen-bond donors (Lipinski definition) is 2. The van der Waals surface area contributed by atoms with Crippen molar-refractivity contribution in [2.45, 2.75) is 20.4 Å². The summed E-state index contributed by atoms with van der Waals surface area (Å²) in [4.78, 5) is 13.2. The molecule has 0 amide bonds. The van der Waals surface area contributed by atoms with Crippen LogP contribution < -0.4 is 10.6 Å². The largest absolute Gasteiger partial charge is 0.349 e. The number of aryl methyl sites for hydroxylation is 2. The highest BCUT2D eigenvalue weighted by molar-refractivity contribution is 9.10. The predicted octanol–water partition coefficient (Wildman–Crippen LogP) is 4.61. The molecule has 0 atom stereocenters. The Hall–Kier alpha value is -2.47. The molecule has 122 valence electrons. The molecule has 3 rings (SSSR count). The number of nitrogens with zero attached hydrogens (tertiary/aromatic N) is 3. The van der Waals surface area contributed by atoms with Crippen molar-refractivity contribution in [3.63, 3.8) is 0 Å². The Bertz CT molecular complexity index is 836. The van der Waals surface area contributed by atoms with Gasteiger partial charge in [0.1, 0.15) is 5.82 Å². The highest BCUT2D eigenvalue weighted by Crippen LogP contribution is 2.23. The minimum atomic E-state index is 0.578. The highest BCUT2D eigenvalue weighted by Gasteiger charge is 2.04. The second-order valence-electron chi connectivity index (χ2n) is 5.48. The van der Waals surface area contributed by atoms with Gasteiger partial charge in [0.2, 0.25) is 5.95 Å². The van der Waals surface area contributed by atoms with Crippen LogP contribution in [0.1, 0.15) is 17.0 Å². The first-order valence-electron chi connectivity index (χ1n) is 7.63. The van der Waals surface area contributed by atoms with Gasteiger partial charge in [0, 0.05) is 28.1 Å². The second kappa shape index (κ2) is 7.40. The van der Waals surface area contributed by atoms with Crippen molar-refractivity contribution in [3.05, 3.63) is 70.1 Å². The first-order chi connectivity index (χ1) is 11.6. The van der Waals surface area contributed by atoms with Crippen LogP contribution in [0.25, 0.3) is 0 Å². The maximum Gasteiger partial charge on any atom is 0.225 e. The molecule has 0 unspecified atom stereocenters. The Morgan fingerprint density at radius 3 is 2.67 bits per heavy atom. The molecule has 24 heavy (non-hydrogen) atoms. The summed E-state index contributed by atoms with van der Waals surface area (Å²) in [6.45, 7) is 4.59. The van der Waals surface area contributed by atoms with Crippen molar-refractivity contribution in [1.82, 2.24) is 15.0 Å². The zero-order chi connectivity index (χ0) is 16.9. The Labute approximate surface area is 149 Å². The molecular formula is C18H18BrN5. The number of aromatic nitrogens is 3. The number of hydrogen-bond acceptors (Lipinski definition) is 5. The van der Waals surface area contributed by atoms with Gasteiger partial charge in [0.05, 0.1) is 12.2 Å². The Morgan fingerprint density at radius 1 is 1.04 bits per heavy atom. The van der Waals surface area contributed by atoms with Gasteiger partial charge in [-0.1, -0.05) is 28.1 Å². The van der Waals surface area contributed by atoms with Gasteiger partial charge in [0.25, 0.3) is 0 Å². The van der Waals surface area contributed by atoms with Crippen LogP contribution in [-0.4, -0.2) is 15.0 Å². The monoisotopic (exact) mass is 383 g/mol. The number of benzene rings is 1. The molecular weight excluding hydrogens is 366 g/mol. The quantitative estimate of drug-likeness (QED) is 0.673. The number of pyridine rings is 1. The van der Waals surface area contributed by atoms with Crippen molar-refractivity contribution >= 4 is 33.4 Å². The van der Waals surface area contributed by atoms with Gasteiger partial charge in [-0.15, -0.1) is 0 Å². The molecule has 6 heteroatoms. The molecule has 0 aliphatic rings. The first kappa shape index (κ1) is 16.4. The summed E-state index contributed by atoms with van der Waals surface area (Å²) in [7, 11) is 0. The molecule has 0 radical (unpaired) electrons. The summed E-state index contributed by atoms with van der Waals surface area (Å²) in [6.07, 6.45) is 1.77. The van der Waals surface area contributed by atoms with Crippen LogP contribution in [0.2, 0.25) is 0 Å². The molecule has 2 N–H and O–H groups in total. The molecule has 3 aromatic rings. The van der Waals surface area contributed by atoms with Gasteiger partial charge >= 0.3 is 0 Å². The third-order valence-corrected chi connectivity index (χ3v) is 4.31. The van der Waals surface area contributed by atoms with E-state index in [1.807, 2.05) is 43.3 Å². The Morgan fingerprint density at radius 2 is 1.92 bits per heavy atom. The first-order valence-corrected chi connectivity index (χ1v) is 8.42. The topological polar surface area (TPSA) is 62.7 Å². The maximum absolute atomic E-state index is 4.52. The van der Waals surface area contributed by atoms with Crippen LogP contribution in [0, 0.1) is 13.8 Å². The standard InChI is InChI=1S/C18H18BrN5/c1-12-6-7-14(10-16(12)19)23-17-9-13(2)22-18(24-17)21-11-15-5-3-4-8-20-15/h3-10H,11H2,1-2H3,(H2,21,22,23,24). The Kier molecular flexibility index (Phi) is 5.05. The average molecular weight is 384 g/mol. The summed E-state index contributed by atoms with van der Waals surface area (Å²) in [5, 5.41) is 6.53. The lowest BCUT2D eigenvalue weighted by Crippen LogP contribution is -2.07. The summed E-state index contributed by atoms with van der Waals surface area (Å²) in [6, 6.07) is 13.9. The molecule has 0 saturated carbocycles. The molecule has 0 aliphatic heterocycles. The van der Waals surface area contributed by atoms with E-state index in [2.05, 4.69) is 54.5 Å². The fourth-order valence-corrected chi connectivity index (χ4v) is 2.58. The smallest absolute Gasteiger partial charge is 0.225 e. The van der Waals surface area contributed by atoms with E-state index in [1.54, 1.807) is 6.20 Å². The van der Waals surface area contributed by atoms with E-state index in [4.69, 9.17) is 0 Å². The lowest BCUT2D eigenvalue weighted by atomic mass is 10.2. The van der Waals surface area contributed by atoms with Gasteiger partial charge in [-0.2, -0.15) is 4.98 Å². The van der Waals surface area contributed by atoms with Gasteiger partial charge in [0.15, 0.2) is 0 Å². The predicted molar refractivity (Wildman–Crippen MR) is 100 cm³/mol. The van der Waals surface area contributed by atoms with Crippen LogP contribution >= 0.6 is 15.9 Å². The fourth-order valence-electron chi connectivity index (χ4n) is 2.20. The number of anilines is 3. The van der Waals surface area contributed by atoms with Gasteiger partial charge in [-0.25, -0.2) is 4.98 Å². The van der Waals surface area contributed by atoms with Crippen molar-refractivity contribution in [3.8, 4) is 0 Å². The molecule has 0 saturated heterocycles.